The van der Waals surface area contributed by atoms with E-state index in [9.17, 15) is 5.11 Å². The molecule has 2 heterocycles. The van der Waals surface area contributed by atoms with Gasteiger partial charge in [0.05, 0.1) is 0 Å². The SMILES string of the molecule is CC(O)N1CC2CCC=C(c3ccc(CCN4CCC[C@@H]4C)cc3)C2C1. The van der Waals surface area contributed by atoms with Crippen LogP contribution >= 0.6 is 0 Å². The van der Waals surface area contributed by atoms with Crippen molar-refractivity contribution in [1.82, 2.24) is 9.80 Å². The van der Waals surface area contributed by atoms with E-state index in [4.69, 9.17) is 0 Å². The van der Waals surface area contributed by atoms with Crippen LogP contribution in [0.15, 0.2) is 30.3 Å². The van der Waals surface area contributed by atoms with Gasteiger partial charge in [0.25, 0.3) is 0 Å². The number of benzene rings is 1. The molecule has 1 aliphatic carbocycles. The second-order valence-electron chi connectivity index (χ2n) is 8.66. The number of fused-ring (bicyclic) bond motifs is 1. The minimum absolute atomic E-state index is 0.322. The third kappa shape index (κ3) is 3.76. The van der Waals surface area contributed by atoms with E-state index in [2.05, 4.69) is 47.1 Å². The van der Waals surface area contributed by atoms with Crippen LogP contribution in [0.1, 0.15) is 50.7 Å². The Morgan fingerprint density at radius 1 is 1.15 bits per heavy atom. The standard InChI is InChI=1S/C23H34N2O/c1-17-5-4-13-24(17)14-12-19-8-10-20(11-9-19)22-7-3-6-21-15-25(18(2)26)16-23(21)22/h7-11,17-18,21,23,26H,3-6,12-16H2,1-2H3/t17-,18?,21?,23?/m0/s1. The van der Waals surface area contributed by atoms with Crippen molar-refractivity contribution in [3.63, 3.8) is 0 Å². The van der Waals surface area contributed by atoms with Gasteiger partial charge in [-0.15, -0.1) is 0 Å². The van der Waals surface area contributed by atoms with Crippen LogP contribution in [0.4, 0.5) is 0 Å². The Hall–Kier alpha value is -1.16. The molecule has 0 saturated carbocycles. The van der Waals surface area contributed by atoms with E-state index >= 15 is 0 Å². The average Bonchev–Trinajstić information content (AvgIpc) is 3.26. The Bertz CT molecular complexity index is 636. The summed E-state index contributed by atoms with van der Waals surface area (Å²) in [6.07, 6.45) is 8.46. The summed E-state index contributed by atoms with van der Waals surface area (Å²) in [7, 11) is 0. The minimum atomic E-state index is -0.322. The molecule has 0 amide bonds. The molecule has 0 spiro atoms. The first-order chi connectivity index (χ1) is 12.6. The van der Waals surface area contributed by atoms with Crippen LogP contribution in [0.25, 0.3) is 5.57 Å². The monoisotopic (exact) mass is 354 g/mol. The zero-order valence-electron chi connectivity index (χ0n) is 16.4. The zero-order chi connectivity index (χ0) is 18.1. The van der Waals surface area contributed by atoms with E-state index < -0.39 is 0 Å². The van der Waals surface area contributed by atoms with Crippen LogP contribution in [0.2, 0.25) is 0 Å². The number of aliphatic hydroxyl groups is 1. The molecular weight excluding hydrogens is 320 g/mol. The summed E-state index contributed by atoms with van der Waals surface area (Å²) in [5, 5.41) is 9.96. The van der Waals surface area contributed by atoms with Crippen molar-refractivity contribution < 1.29 is 5.11 Å². The summed E-state index contributed by atoms with van der Waals surface area (Å²) in [6.45, 7) is 8.78. The molecule has 0 radical (unpaired) electrons. The lowest BCUT2D eigenvalue weighted by Gasteiger charge is -2.26. The van der Waals surface area contributed by atoms with Gasteiger partial charge in [-0.2, -0.15) is 0 Å². The maximum atomic E-state index is 9.96. The Morgan fingerprint density at radius 2 is 1.96 bits per heavy atom. The van der Waals surface area contributed by atoms with Crippen molar-refractivity contribution in [3.05, 3.63) is 41.5 Å². The van der Waals surface area contributed by atoms with Crippen LogP contribution in [-0.4, -0.2) is 53.4 Å². The van der Waals surface area contributed by atoms with Crippen molar-refractivity contribution in [2.75, 3.05) is 26.2 Å². The van der Waals surface area contributed by atoms with Crippen LogP contribution in [-0.2, 0) is 6.42 Å². The predicted octanol–water partition coefficient (Wildman–Crippen LogP) is 3.78. The lowest BCUT2D eigenvalue weighted by Crippen LogP contribution is -2.30. The highest BCUT2D eigenvalue weighted by atomic mass is 16.3. The number of nitrogens with zero attached hydrogens (tertiary/aromatic N) is 2. The van der Waals surface area contributed by atoms with Crippen LogP contribution in [0, 0.1) is 11.8 Å². The fraction of sp³-hybridized carbons (Fsp3) is 0.652. The zero-order valence-corrected chi connectivity index (χ0v) is 16.4. The number of aliphatic hydroxyl groups excluding tert-OH is 1. The molecular formula is C23H34N2O. The smallest absolute Gasteiger partial charge is 0.104 e. The Labute approximate surface area is 158 Å². The molecule has 3 nitrogen and oxygen atoms in total. The maximum Gasteiger partial charge on any atom is 0.104 e. The van der Waals surface area contributed by atoms with Crippen molar-refractivity contribution in [3.8, 4) is 0 Å². The summed E-state index contributed by atoms with van der Waals surface area (Å²) in [5.41, 5.74) is 4.37. The fourth-order valence-electron chi connectivity index (χ4n) is 5.25. The van der Waals surface area contributed by atoms with E-state index in [-0.39, 0.29) is 6.23 Å². The third-order valence-electron chi connectivity index (χ3n) is 6.96. The number of hydrogen-bond donors (Lipinski definition) is 1. The number of allylic oxidation sites excluding steroid dienone is 1. The Morgan fingerprint density at radius 3 is 2.65 bits per heavy atom. The highest BCUT2D eigenvalue weighted by molar-refractivity contribution is 5.69. The van der Waals surface area contributed by atoms with Gasteiger partial charge in [-0.05, 0) is 75.1 Å². The van der Waals surface area contributed by atoms with Gasteiger partial charge in [0.1, 0.15) is 6.23 Å². The highest BCUT2D eigenvalue weighted by Crippen LogP contribution is 2.41. The van der Waals surface area contributed by atoms with Crippen LogP contribution in [0.5, 0.6) is 0 Å². The fourth-order valence-corrected chi connectivity index (χ4v) is 5.25. The van der Waals surface area contributed by atoms with Crippen LogP contribution < -0.4 is 0 Å². The molecule has 26 heavy (non-hydrogen) atoms. The average molecular weight is 355 g/mol. The van der Waals surface area contributed by atoms with Crippen LogP contribution in [0.3, 0.4) is 0 Å². The second-order valence-corrected chi connectivity index (χ2v) is 8.66. The molecule has 0 aromatic heterocycles. The van der Waals surface area contributed by atoms with E-state index in [1.807, 2.05) is 6.92 Å². The van der Waals surface area contributed by atoms with Gasteiger partial charge >= 0.3 is 0 Å². The molecule has 142 valence electrons. The van der Waals surface area contributed by atoms with Crippen molar-refractivity contribution >= 4 is 5.57 Å². The first-order valence-electron chi connectivity index (χ1n) is 10.6. The molecule has 4 rings (SSSR count). The lowest BCUT2D eigenvalue weighted by molar-refractivity contribution is 0.0331. The van der Waals surface area contributed by atoms with E-state index in [1.54, 1.807) is 0 Å². The Balaban J connectivity index is 1.41. The lowest BCUT2D eigenvalue weighted by atomic mass is 9.78. The van der Waals surface area contributed by atoms with Gasteiger partial charge < -0.3 is 10.0 Å². The van der Waals surface area contributed by atoms with Gasteiger partial charge in [-0.25, -0.2) is 0 Å². The van der Waals surface area contributed by atoms with Gasteiger partial charge in [0.2, 0.25) is 0 Å². The van der Waals surface area contributed by atoms with E-state index in [0.29, 0.717) is 11.8 Å². The maximum absolute atomic E-state index is 9.96. The largest absolute Gasteiger partial charge is 0.379 e. The summed E-state index contributed by atoms with van der Waals surface area (Å²) >= 11 is 0. The molecule has 2 aliphatic heterocycles. The quantitative estimate of drug-likeness (QED) is 0.872. The normalized spacial score (nSPS) is 31.0. The summed E-state index contributed by atoms with van der Waals surface area (Å²) < 4.78 is 0. The number of hydrogen-bond acceptors (Lipinski definition) is 3. The highest BCUT2D eigenvalue weighted by Gasteiger charge is 2.38. The topological polar surface area (TPSA) is 26.7 Å². The van der Waals surface area contributed by atoms with Gasteiger partial charge in [-0.3, -0.25) is 4.90 Å². The first-order valence-corrected chi connectivity index (χ1v) is 10.6. The second kappa shape index (κ2) is 7.84. The molecule has 1 N–H and O–H groups in total. The van der Waals surface area contributed by atoms with Crippen molar-refractivity contribution in [2.45, 2.75) is 58.2 Å². The van der Waals surface area contributed by atoms with Gasteiger partial charge in [0.15, 0.2) is 0 Å². The van der Waals surface area contributed by atoms with E-state index in [1.165, 1.54) is 55.5 Å². The molecule has 0 bridgehead atoms. The van der Waals surface area contributed by atoms with Crippen molar-refractivity contribution in [1.29, 1.82) is 0 Å². The third-order valence-corrected chi connectivity index (χ3v) is 6.96. The molecule has 2 saturated heterocycles. The van der Waals surface area contributed by atoms with E-state index in [0.717, 1.165) is 25.6 Å². The molecule has 1 aromatic carbocycles. The molecule has 2 fully saturated rings. The molecule has 1 aromatic rings. The number of likely N-dealkylation sites (tertiary alicyclic amines) is 2. The van der Waals surface area contributed by atoms with Gasteiger partial charge in [-0.1, -0.05) is 30.3 Å². The summed E-state index contributed by atoms with van der Waals surface area (Å²) in [6, 6.07) is 10.1. The van der Waals surface area contributed by atoms with Crippen molar-refractivity contribution in [2.24, 2.45) is 11.8 Å². The molecule has 3 unspecified atom stereocenters. The predicted molar refractivity (Wildman–Crippen MR) is 108 cm³/mol. The molecule has 4 atom stereocenters. The molecule has 3 aliphatic rings. The number of rotatable bonds is 5. The Kier molecular flexibility index (Phi) is 5.49. The van der Waals surface area contributed by atoms with Gasteiger partial charge in [0, 0.05) is 31.6 Å². The minimum Gasteiger partial charge on any atom is -0.379 e. The summed E-state index contributed by atoms with van der Waals surface area (Å²) in [4.78, 5) is 4.87. The summed E-state index contributed by atoms with van der Waals surface area (Å²) in [5.74, 6) is 1.30. The first kappa shape index (κ1) is 18.2. The molecule has 3 heteroatoms.